The Labute approximate surface area is 140 Å². The summed E-state index contributed by atoms with van der Waals surface area (Å²) in [6, 6.07) is 9.16. The highest BCUT2D eigenvalue weighted by Gasteiger charge is 2.20. The lowest BCUT2D eigenvalue weighted by Gasteiger charge is -2.00. The van der Waals surface area contributed by atoms with E-state index in [1.54, 1.807) is 24.3 Å². The highest BCUT2D eigenvalue weighted by Crippen LogP contribution is 2.23. The van der Waals surface area contributed by atoms with Crippen LogP contribution in [0.25, 0.3) is 0 Å². The number of benzene rings is 2. The molecule has 25 heavy (non-hydrogen) atoms. The molecule has 0 unspecified atom stereocenters. The van der Waals surface area contributed by atoms with Gasteiger partial charge in [-0.25, -0.2) is 4.79 Å². The molecular formula is C15H11N3O7. The maximum atomic E-state index is 11.9. The first-order valence-electron chi connectivity index (χ1n) is 6.73. The van der Waals surface area contributed by atoms with Crippen molar-refractivity contribution in [2.45, 2.75) is 0 Å². The first-order valence-corrected chi connectivity index (χ1v) is 6.73. The molecule has 10 heteroatoms. The van der Waals surface area contributed by atoms with E-state index in [4.69, 9.17) is 4.74 Å². The Morgan fingerprint density at radius 3 is 2.08 bits per heavy atom. The van der Waals surface area contributed by atoms with Crippen LogP contribution >= 0.6 is 0 Å². The standard InChI is InChI=1S/C15H11N3O7/c1-24-14-4-2-10(3-5-14)9-16-25-15(19)11-6-12(17(20)21)8-13(7-11)18(22)23/h2-9H,1H3. The fourth-order valence-corrected chi connectivity index (χ4v) is 1.80. The predicted molar refractivity (Wildman–Crippen MR) is 85.8 cm³/mol. The first-order chi connectivity index (χ1) is 11.9. The van der Waals surface area contributed by atoms with Gasteiger partial charge in [-0.3, -0.25) is 20.2 Å². The quantitative estimate of drug-likeness (QED) is 0.340. The summed E-state index contributed by atoms with van der Waals surface area (Å²) in [6.07, 6.45) is 1.24. The molecule has 0 bridgehead atoms. The van der Waals surface area contributed by atoms with Gasteiger partial charge in [0.25, 0.3) is 11.4 Å². The summed E-state index contributed by atoms with van der Waals surface area (Å²) >= 11 is 0. The average Bonchev–Trinajstić information content (AvgIpc) is 2.61. The van der Waals surface area contributed by atoms with Crippen molar-refractivity contribution in [1.29, 1.82) is 0 Å². The maximum absolute atomic E-state index is 11.9. The second kappa shape index (κ2) is 7.64. The molecule has 128 valence electrons. The minimum Gasteiger partial charge on any atom is -0.497 e. The van der Waals surface area contributed by atoms with Gasteiger partial charge in [0.2, 0.25) is 0 Å². The van der Waals surface area contributed by atoms with Crippen LogP contribution in [0, 0.1) is 20.2 Å². The number of non-ortho nitro benzene ring substituents is 2. The smallest absolute Gasteiger partial charge is 0.366 e. The summed E-state index contributed by atoms with van der Waals surface area (Å²) in [5.74, 6) is -0.422. The Morgan fingerprint density at radius 2 is 1.60 bits per heavy atom. The molecular weight excluding hydrogens is 334 g/mol. The Hall–Kier alpha value is -3.82. The molecule has 0 aromatic heterocycles. The van der Waals surface area contributed by atoms with Crippen molar-refractivity contribution in [3.8, 4) is 5.75 Å². The molecule has 0 atom stereocenters. The summed E-state index contributed by atoms with van der Waals surface area (Å²) in [7, 11) is 1.52. The number of rotatable bonds is 6. The van der Waals surface area contributed by atoms with Gasteiger partial charge >= 0.3 is 5.97 Å². The zero-order valence-corrected chi connectivity index (χ0v) is 12.8. The fourth-order valence-electron chi connectivity index (χ4n) is 1.80. The Bertz CT molecular complexity index is 814. The summed E-state index contributed by atoms with van der Waals surface area (Å²) in [6.45, 7) is 0. The number of methoxy groups -OCH3 is 1. The van der Waals surface area contributed by atoms with E-state index in [1.807, 2.05) is 0 Å². The Kier molecular flexibility index (Phi) is 5.36. The van der Waals surface area contributed by atoms with E-state index in [2.05, 4.69) is 9.99 Å². The Balaban J connectivity index is 2.15. The molecule has 2 aromatic rings. The van der Waals surface area contributed by atoms with E-state index in [1.165, 1.54) is 13.3 Å². The molecule has 10 nitrogen and oxygen atoms in total. The summed E-state index contributed by atoms with van der Waals surface area (Å²) in [5.41, 5.74) is -0.938. The van der Waals surface area contributed by atoms with E-state index < -0.39 is 27.2 Å². The van der Waals surface area contributed by atoms with Crippen molar-refractivity contribution in [2.24, 2.45) is 5.16 Å². The molecule has 0 saturated carbocycles. The van der Waals surface area contributed by atoms with Crippen LogP contribution in [-0.4, -0.2) is 29.1 Å². The Morgan fingerprint density at radius 1 is 1.04 bits per heavy atom. The van der Waals surface area contributed by atoms with Crippen LogP contribution in [0.2, 0.25) is 0 Å². The van der Waals surface area contributed by atoms with E-state index in [-0.39, 0.29) is 5.56 Å². The molecule has 0 heterocycles. The van der Waals surface area contributed by atoms with Crippen LogP contribution in [0.5, 0.6) is 5.75 Å². The van der Waals surface area contributed by atoms with E-state index in [0.29, 0.717) is 11.3 Å². The monoisotopic (exact) mass is 345 g/mol. The van der Waals surface area contributed by atoms with Crippen molar-refractivity contribution in [3.63, 3.8) is 0 Å². The van der Waals surface area contributed by atoms with Crippen molar-refractivity contribution in [1.82, 2.24) is 0 Å². The molecule has 0 spiro atoms. The zero-order chi connectivity index (χ0) is 18.4. The third-order valence-corrected chi connectivity index (χ3v) is 3.01. The van der Waals surface area contributed by atoms with Gasteiger partial charge in [0.1, 0.15) is 5.75 Å². The third-order valence-electron chi connectivity index (χ3n) is 3.01. The zero-order valence-electron chi connectivity index (χ0n) is 12.8. The molecule has 0 N–H and O–H groups in total. The molecule has 0 aliphatic carbocycles. The van der Waals surface area contributed by atoms with Crippen LogP contribution < -0.4 is 4.74 Å². The lowest BCUT2D eigenvalue weighted by atomic mass is 10.2. The highest BCUT2D eigenvalue weighted by molar-refractivity contribution is 5.91. The molecule has 0 fully saturated rings. The largest absolute Gasteiger partial charge is 0.497 e. The molecule has 0 aliphatic rings. The summed E-state index contributed by atoms with van der Waals surface area (Å²) in [4.78, 5) is 36.4. The molecule has 2 aromatic carbocycles. The molecule has 0 aliphatic heterocycles. The van der Waals surface area contributed by atoms with Crippen molar-refractivity contribution in [2.75, 3.05) is 7.11 Å². The molecule has 0 radical (unpaired) electrons. The van der Waals surface area contributed by atoms with Gasteiger partial charge in [-0.15, -0.1) is 0 Å². The number of ether oxygens (including phenoxy) is 1. The second-order valence-electron chi connectivity index (χ2n) is 4.64. The fraction of sp³-hybridized carbons (Fsp3) is 0.0667. The van der Waals surface area contributed by atoms with Gasteiger partial charge in [-0.2, -0.15) is 0 Å². The third kappa shape index (κ3) is 4.58. The molecule has 0 amide bonds. The van der Waals surface area contributed by atoms with Crippen LogP contribution in [0.1, 0.15) is 15.9 Å². The van der Waals surface area contributed by atoms with E-state index in [0.717, 1.165) is 18.2 Å². The maximum Gasteiger partial charge on any atom is 0.366 e. The molecule has 0 saturated heterocycles. The number of hydrogen-bond donors (Lipinski definition) is 0. The first kappa shape index (κ1) is 17.5. The number of carbonyl (C=O) groups excluding carboxylic acids is 1. The topological polar surface area (TPSA) is 134 Å². The number of nitro benzene ring substituents is 2. The number of hydrogen-bond acceptors (Lipinski definition) is 8. The van der Waals surface area contributed by atoms with Crippen molar-refractivity contribution >= 4 is 23.6 Å². The predicted octanol–water partition coefficient (Wildman–Crippen LogP) is 2.70. The van der Waals surface area contributed by atoms with Gasteiger partial charge in [-0.05, 0) is 29.8 Å². The van der Waals surface area contributed by atoms with Crippen molar-refractivity contribution in [3.05, 3.63) is 73.8 Å². The van der Waals surface area contributed by atoms with Crippen LogP contribution in [0.4, 0.5) is 11.4 Å². The molecule has 2 rings (SSSR count). The lowest BCUT2D eigenvalue weighted by molar-refractivity contribution is -0.394. The van der Waals surface area contributed by atoms with Crippen LogP contribution in [0.3, 0.4) is 0 Å². The number of nitrogens with zero attached hydrogens (tertiary/aromatic N) is 3. The summed E-state index contributed by atoms with van der Waals surface area (Å²) in [5, 5.41) is 25.1. The number of oxime groups is 1. The number of carbonyl (C=O) groups is 1. The highest BCUT2D eigenvalue weighted by atomic mass is 16.7. The van der Waals surface area contributed by atoms with Gasteiger partial charge in [-0.1, -0.05) is 5.16 Å². The van der Waals surface area contributed by atoms with Crippen LogP contribution in [0.15, 0.2) is 47.6 Å². The van der Waals surface area contributed by atoms with Gasteiger partial charge in [0, 0.05) is 12.1 Å². The number of nitro groups is 2. The minimum absolute atomic E-state index is 0.354. The van der Waals surface area contributed by atoms with Crippen LogP contribution in [-0.2, 0) is 4.84 Å². The van der Waals surface area contributed by atoms with Gasteiger partial charge in [0.05, 0.1) is 34.8 Å². The minimum atomic E-state index is -1.06. The normalized spacial score (nSPS) is 10.4. The lowest BCUT2D eigenvalue weighted by Crippen LogP contribution is -2.04. The van der Waals surface area contributed by atoms with Gasteiger partial charge in [0.15, 0.2) is 0 Å². The SMILES string of the molecule is COc1ccc(C=NOC(=O)c2cc([N+](=O)[O-])cc([N+](=O)[O-])c2)cc1. The summed E-state index contributed by atoms with van der Waals surface area (Å²) < 4.78 is 4.99. The van der Waals surface area contributed by atoms with Gasteiger partial charge < -0.3 is 9.57 Å². The van der Waals surface area contributed by atoms with E-state index in [9.17, 15) is 25.0 Å². The van der Waals surface area contributed by atoms with Crippen molar-refractivity contribution < 1.29 is 24.2 Å². The second-order valence-corrected chi connectivity index (χ2v) is 4.64. The van der Waals surface area contributed by atoms with E-state index >= 15 is 0 Å². The average molecular weight is 345 g/mol.